The molecule has 30 heavy (non-hydrogen) atoms. The quantitative estimate of drug-likeness (QED) is 0.309. The SMILES string of the molecule is Cc1cc(SCc2nnc(-c3ccc(F)c(F)c3)s2)ccc1OC(C)C(=O)OCO. The summed E-state index contributed by atoms with van der Waals surface area (Å²) >= 11 is 2.85. The van der Waals surface area contributed by atoms with E-state index >= 15 is 0 Å². The first-order valence-corrected chi connectivity index (χ1v) is 10.6. The van der Waals surface area contributed by atoms with Crippen molar-refractivity contribution in [2.24, 2.45) is 0 Å². The highest BCUT2D eigenvalue weighted by Crippen LogP contribution is 2.31. The van der Waals surface area contributed by atoms with Crippen LogP contribution in [0.2, 0.25) is 0 Å². The van der Waals surface area contributed by atoms with Crippen molar-refractivity contribution < 1.29 is 28.2 Å². The highest BCUT2D eigenvalue weighted by atomic mass is 32.2. The van der Waals surface area contributed by atoms with Gasteiger partial charge >= 0.3 is 5.97 Å². The first-order chi connectivity index (χ1) is 14.4. The molecule has 1 atom stereocenters. The Labute approximate surface area is 179 Å². The molecule has 0 amide bonds. The average Bonchev–Trinajstić information content (AvgIpc) is 3.19. The lowest BCUT2D eigenvalue weighted by molar-refractivity contribution is -0.159. The molecule has 0 saturated carbocycles. The summed E-state index contributed by atoms with van der Waals surface area (Å²) in [5, 5.41) is 18.1. The van der Waals surface area contributed by atoms with Gasteiger partial charge in [-0.05, 0) is 55.8 Å². The number of rotatable bonds is 8. The highest BCUT2D eigenvalue weighted by molar-refractivity contribution is 7.98. The molecular weight excluding hydrogens is 434 g/mol. The average molecular weight is 453 g/mol. The van der Waals surface area contributed by atoms with Gasteiger partial charge in [-0.3, -0.25) is 0 Å². The first-order valence-electron chi connectivity index (χ1n) is 8.82. The number of benzene rings is 2. The maximum absolute atomic E-state index is 13.4. The Hall–Kier alpha value is -2.56. The predicted molar refractivity (Wildman–Crippen MR) is 109 cm³/mol. The summed E-state index contributed by atoms with van der Waals surface area (Å²) < 4.78 is 36.6. The van der Waals surface area contributed by atoms with Gasteiger partial charge in [-0.2, -0.15) is 0 Å². The molecular formula is C20H18F2N2O4S2. The second-order valence-electron chi connectivity index (χ2n) is 6.20. The molecule has 0 aliphatic carbocycles. The molecule has 10 heteroatoms. The van der Waals surface area contributed by atoms with Gasteiger partial charge < -0.3 is 14.6 Å². The second-order valence-corrected chi connectivity index (χ2v) is 8.31. The van der Waals surface area contributed by atoms with Crippen LogP contribution in [0.15, 0.2) is 41.3 Å². The molecule has 0 saturated heterocycles. The van der Waals surface area contributed by atoms with Crippen LogP contribution in [-0.2, 0) is 15.3 Å². The van der Waals surface area contributed by atoms with Crippen LogP contribution in [0.1, 0.15) is 17.5 Å². The predicted octanol–water partition coefficient (Wildman–Crippen LogP) is 4.34. The molecule has 2 aromatic carbocycles. The molecule has 0 aliphatic heterocycles. The third-order valence-electron chi connectivity index (χ3n) is 3.98. The largest absolute Gasteiger partial charge is 0.479 e. The molecule has 158 valence electrons. The smallest absolute Gasteiger partial charge is 0.349 e. The highest BCUT2D eigenvalue weighted by Gasteiger charge is 2.17. The molecule has 3 rings (SSSR count). The van der Waals surface area contributed by atoms with E-state index in [-0.39, 0.29) is 0 Å². The van der Waals surface area contributed by atoms with Crippen LogP contribution in [-0.4, -0.2) is 34.2 Å². The number of esters is 1. The number of ether oxygens (including phenoxy) is 2. The van der Waals surface area contributed by atoms with Crippen LogP contribution in [0.25, 0.3) is 10.6 Å². The molecule has 6 nitrogen and oxygen atoms in total. The number of nitrogens with zero attached hydrogens (tertiary/aromatic N) is 2. The van der Waals surface area contributed by atoms with Crippen LogP contribution >= 0.6 is 23.1 Å². The van der Waals surface area contributed by atoms with Gasteiger partial charge in [-0.25, -0.2) is 13.6 Å². The van der Waals surface area contributed by atoms with E-state index in [9.17, 15) is 13.6 Å². The van der Waals surface area contributed by atoms with E-state index in [0.717, 1.165) is 27.6 Å². The van der Waals surface area contributed by atoms with E-state index in [0.29, 0.717) is 22.1 Å². The minimum absolute atomic E-state index is 0.480. The zero-order chi connectivity index (χ0) is 21.7. The third-order valence-corrected chi connectivity index (χ3v) is 6.14. The lowest BCUT2D eigenvalue weighted by Gasteiger charge is -2.15. The Morgan fingerprint density at radius 1 is 1.20 bits per heavy atom. The van der Waals surface area contributed by atoms with E-state index in [2.05, 4.69) is 14.9 Å². The van der Waals surface area contributed by atoms with Crippen LogP contribution in [0.3, 0.4) is 0 Å². The molecule has 0 bridgehead atoms. The number of thioether (sulfide) groups is 1. The summed E-state index contributed by atoms with van der Waals surface area (Å²) in [4.78, 5) is 12.5. The van der Waals surface area contributed by atoms with Gasteiger partial charge in [0, 0.05) is 10.5 Å². The normalized spacial score (nSPS) is 11.9. The summed E-state index contributed by atoms with van der Waals surface area (Å²) in [6.45, 7) is 2.71. The molecule has 0 fully saturated rings. The van der Waals surface area contributed by atoms with E-state index in [1.807, 2.05) is 19.1 Å². The molecule has 1 unspecified atom stereocenters. The van der Waals surface area contributed by atoms with Gasteiger partial charge in [0.05, 0.1) is 5.75 Å². The van der Waals surface area contributed by atoms with Gasteiger partial charge in [0.15, 0.2) is 24.5 Å². The van der Waals surface area contributed by atoms with Crippen molar-refractivity contribution in [3.05, 3.63) is 58.6 Å². The lowest BCUT2D eigenvalue weighted by atomic mass is 10.2. The fourth-order valence-electron chi connectivity index (χ4n) is 2.47. The van der Waals surface area contributed by atoms with Gasteiger partial charge in [0.25, 0.3) is 0 Å². The van der Waals surface area contributed by atoms with Crippen LogP contribution in [0.4, 0.5) is 8.78 Å². The molecule has 1 N–H and O–H groups in total. The Balaban J connectivity index is 1.61. The zero-order valence-electron chi connectivity index (χ0n) is 16.1. The number of aromatic nitrogens is 2. The van der Waals surface area contributed by atoms with Crippen molar-refractivity contribution in [1.29, 1.82) is 0 Å². The zero-order valence-corrected chi connectivity index (χ0v) is 17.7. The van der Waals surface area contributed by atoms with Crippen molar-refractivity contribution in [1.82, 2.24) is 10.2 Å². The van der Waals surface area contributed by atoms with E-state index in [1.165, 1.54) is 29.2 Å². The van der Waals surface area contributed by atoms with Gasteiger partial charge in [0.2, 0.25) is 0 Å². The number of aliphatic hydroxyl groups is 1. The maximum Gasteiger partial charge on any atom is 0.349 e. The Kier molecular flexibility index (Phi) is 7.35. The molecule has 0 spiro atoms. The molecule has 1 heterocycles. The topological polar surface area (TPSA) is 81.5 Å². The van der Waals surface area contributed by atoms with E-state index < -0.39 is 30.5 Å². The lowest BCUT2D eigenvalue weighted by Crippen LogP contribution is -2.26. The van der Waals surface area contributed by atoms with E-state index in [4.69, 9.17) is 9.84 Å². The number of aliphatic hydroxyl groups excluding tert-OH is 1. The number of aryl methyl sites for hydroxylation is 1. The van der Waals surface area contributed by atoms with Crippen molar-refractivity contribution in [3.63, 3.8) is 0 Å². The van der Waals surface area contributed by atoms with Gasteiger partial charge in [-0.15, -0.1) is 22.0 Å². The molecule has 0 radical (unpaired) electrons. The van der Waals surface area contributed by atoms with Crippen LogP contribution < -0.4 is 4.74 Å². The number of carbonyl (C=O) groups excluding carboxylic acids is 1. The summed E-state index contributed by atoms with van der Waals surface area (Å²) in [5.41, 5.74) is 1.32. The van der Waals surface area contributed by atoms with Crippen molar-refractivity contribution in [3.8, 4) is 16.3 Å². The Morgan fingerprint density at radius 2 is 2.00 bits per heavy atom. The maximum atomic E-state index is 13.4. The minimum atomic E-state index is -0.921. The van der Waals surface area contributed by atoms with E-state index in [1.54, 1.807) is 13.0 Å². The Morgan fingerprint density at radius 3 is 2.70 bits per heavy atom. The van der Waals surface area contributed by atoms with Crippen LogP contribution in [0, 0.1) is 18.6 Å². The van der Waals surface area contributed by atoms with Crippen molar-refractivity contribution in [2.45, 2.75) is 30.6 Å². The number of hydrogen-bond acceptors (Lipinski definition) is 8. The fraction of sp³-hybridized carbons (Fsp3) is 0.250. The van der Waals surface area contributed by atoms with Crippen LogP contribution in [0.5, 0.6) is 5.75 Å². The van der Waals surface area contributed by atoms with Crippen molar-refractivity contribution >= 4 is 29.1 Å². The third kappa shape index (κ3) is 5.53. The summed E-state index contributed by atoms with van der Waals surface area (Å²) in [6, 6.07) is 9.17. The minimum Gasteiger partial charge on any atom is -0.479 e. The number of carbonyl (C=O) groups is 1. The first kappa shape index (κ1) is 22.1. The van der Waals surface area contributed by atoms with Gasteiger partial charge in [0.1, 0.15) is 15.8 Å². The molecule has 0 aliphatic rings. The fourth-order valence-corrected chi connectivity index (χ4v) is 4.28. The summed E-state index contributed by atoms with van der Waals surface area (Å²) in [7, 11) is 0. The van der Waals surface area contributed by atoms with Gasteiger partial charge in [-0.1, -0.05) is 11.3 Å². The Bertz CT molecular complexity index is 1050. The van der Waals surface area contributed by atoms with Crippen molar-refractivity contribution in [2.75, 3.05) is 6.79 Å². The number of halogens is 2. The monoisotopic (exact) mass is 452 g/mol. The standard InChI is InChI=1S/C20H18F2N2O4S2/c1-11-7-14(4-6-17(11)28-12(2)20(26)27-10-25)29-9-18-23-24-19(30-18)13-3-5-15(21)16(22)8-13/h3-8,12,25H,9-10H2,1-2H3. The molecule has 1 aromatic heterocycles. The second kappa shape index (κ2) is 9.96. The number of hydrogen-bond donors (Lipinski definition) is 1. The summed E-state index contributed by atoms with van der Waals surface area (Å²) in [6.07, 6.45) is -0.842. The molecule has 3 aromatic rings. The summed E-state index contributed by atoms with van der Waals surface area (Å²) in [5.74, 6) is -1.38.